The van der Waals surface area contributed by atoms with Crippen LogP contribution >= 0.6 is 0 Å². The van der Waals surface area contributed by atoms with Gasteiger partial charge in [-0.25, -0.2) is 9.59 Å². The number of amides is 1. The van der Waals surface area contributed by atoms with Gasteiger partial charge in [-0.2, -0.15) is 0 Å². The van der Waals surface area contributed by atoms with E-state index in [1.807, 2.05) is 0 Å². The fraction of sp³-hybridized carbons (Fsp3) is 0.429. The highest BCUT2D eigenvalue weighted by Gasteiger charge is 2.22. The highest BCUT2D eigenvalue weighted by Crippen LogP contribution is 2.23. The molecule has 0 aliphatic rings. The lowest BCUT2D eigenvalue weighted by Crippen LogP contribution is -2.34. The van der Waals surface area contributed by atoms with Crippen LogP contribution in [0, 0.1) is 0 Å². The topological polar surface area (TPSA) is 87.1 Å². The summed E-state index contributed by atoms with van der Waals surface area (Å²) in [5.74, 6) is -1.10. The molecule has 0 saturated carbocycles. The van der Waals surface area contributed by atoms with Crippen LogP contribution in [0.5, 0.6) is 0 Å². The zero-order valence-electron chi connectivity index (χ0n) is 12.0. The molecule has 20 heavy (non-hydrogen) atoms. The number of carboxylic acid groups (broad SMARTS) is 1. The molecule has 1 aromatic carbocycles. The van der Waals surface area contributed by atoms with E-state index in [4.69, 9.17) is 9.84 Å². The number of carboxylic acids is 1. The lowest BCUT2D eigenvalue weighted by atomic mass is 10.1. The van der Waals surface area contributed by atoms with Gasteiger partial charge in [-0.3, -0.25) is 4.90 Å². The second-order valence-corrected chi connectivity index (χ2v) is 5.35. The van der Waals surface area contributed by atoms with Crippen molar-refractivity contribution >= 4 is 17.7 Å². The smallest absolute Gasteiger partial charge is 0.414 e. The van der Waals surface area contributed by atoms with Crippen molar-refractivity contribution < 1.29 is 24.5 Å². The number of rotatable bonds is 3. The minimum atomic E-state index is -1.10. The summed E-state index contributed by atoms with van der Waals surface area (Å²) in [7, 11) is 1.47. The van der Waals surface area contributed by atoms with Gasteiger partial charge in [0.05, 0.1) is 17.9 Å². The molecule has 0 bridgehead atoms. The number of aliphatic hydroxyl groups is 1. The maximum atomic E-state index is 12.0. The Morgan fingerprint density at radius 3 is 2.35 bits per heavy atom. The van der Waals surface area contributed by atoms with Crippen LogP contribution in [0.4, 0.5) is 10.5 Å². The van der Waals surface area contributed by atoms with E-state index in [2.05, 4.69) is 0 Å². The van der Waals surface area contributed by atoms with Crippen molar-refractivity contribution in [2.24, 2.45) is 0 Å². The van der Waals surface area contributed by atoms with Crippen LogP contribution in [0.2, 0.25) is 0 Å². The van der Waals surface area contributed by atoms with Crippen molar-refractivity contribution in [3.8, 4) is 0 Å². The van der Waals surface area contributed by atoms with Crippen LogP contribution in [0.1, 0.15) is 36.7 Å². The molecule has 0 spiro atoms. The summed E-state index contributed by atoms with van der Waals surface area (Å²) in [6.45, 7) is 4.90. The van der Waals surface area contributed by atoms with Crippen molar-refractivity contribution in [1.29, 1.82) is 0 Å². The van der Waals surface area contributed by atoms with Crippen LogP contribution < -0.4 is 4.90 Å². The number of benzene rings is 1. The third-order valence-electron chi connectivity index (χ3n) is 2.53. The molecule has 1 aromatic rings. The van der Waals surface area contributed by atoms with Crippen molar-refractivity contribution in [3.05, 3.63) is 29.3 Å². The molecule has 6 heteroatoms. The molecule has 0 radical (unpaired) electrons. The maximum absolute atomic E-state index is 12.0. The van der Waals surface area contributed by atoms with E-state index in [1.54, 1.807) is 20.8 Å². The quantitative estimate of drug-likeness (QED) is 0.887. The molecule has 0 aliphatic carbocycles. The average Bonchev–Trinajstić information content (AvgIpc) is 2.34. The van der Waals surface area contributed by atoms with Crippen LogP contribution in [-0.2, 0) is 11.3 Å². The first-order valence-electron chi connectivity index (χ1n) is 6.09. The number of carbonyl (C=O) groups excluding carboxylic acids is 1. The maximum Gasteiger partial charge on any atom is 0.414 e. The minimum Gasteiger partial charge on any atom is -0.478 e. The number of hydrogen-bond donors (Lipinski definition) is 2. The molecular formula is C14H19NO5. The number of nitrogens with zero attached hydrogens (tertiary/aromatic N) is 1. The summed E-state index contributed by atoms with van der Waals surface area (Å²) in [4.78, 5) is 24.1. The summed E-state index contributed by atoms with van der Waals surface area (Å²) in [5.41, 5.74) is 0.132. The Hall–Kier alpha value is -2.08. The third kappa shape index (κ3) is 3.96. The normalized spacial score (nSPS) is 11.1. The van der Waals surface area contributed by atoms with E-state index in [1.165, 1.54) is 30.1 Å². The fourth-order valence-electron chi connectivity index (χ4n) is 1.57. The summed E-state index contributed by atoms with van der Waals surface area (Å²) in [6.07, 6.45) is -0.616. The summed E-state index contributed by atoms with van der Waals surface area (Å²) >= 11 is 0. The number of aliphatic hydroxyl groups excluding tert-OH is 1. The van der Waals surface area contributed by atoms with Crippen molar-refractivity contribution in [3.63, 3.8) is 0 Å². The van der Waals surface area contributed by atoms with Crippen molar-refractivity contribution in [1.82, 2.24) is 0 Å². The second-order valence-electron chi connectivity index (χ2n) is 5.35. The molecule has 110 valence electrons. The first-order chi connectivity index (χ1) is 9.15. The van der Waals surface area contributed by atoms with E-state index in [0.717, 1.165) is 0 Å². The van der Waals surface area contributed by atoms with Crippen molar-refractivity contribution in [2.75, 3.05) is 11.9 Å². The Kier molecular flexibility index (Phi) is 4.73. The molecule has 0 atom stereocenters. The van der Waals surface area contributed by atoms with Crippen molar-refractivity contribution in [2.45, 2.75) is 33.0 Å². The molecule has 0 saturated heterocycles. The van der Waals surface area contributed by atoms with Gasteiger partial charge in [-0.15, -0.1) is 0 Å². The van der Waals surface area contributed by atoms with Gasteiger partial charge in [0.25, 0.3) is 0 Å². The fourth-order valence-corrected chi connectivity index (χ4v) is 1.57. The van der Waals surface area contributed by atoms with Gasteiger partial charge >= 0.3 is 12.1 Å². The number of anilines is 1. The molecule has 6 nitrogen and oxygen atoms in total. The molecule has 0 fully saturated rings. The molecule has 0 aromatic heterocycles. The van der Waals surface area contributed by atoms with Crippen LogP contribution in [0.3, 0.4) is 0 Å². The third-order valence-corrected chi connectivity index (χ3v) is 2.53. The zero-order chi connectivity index (χ0) is 15.5. The Morgan fingerprint density at radius 2 is 1.90 bits per heavy atom. The standard InChI is InChI=1S/C14H19NO5/c1-14(2,3)20-13(19)15(4)11-7-9(12(17)18)5-6-10(11)8-16/h5-7,16H,8H2,1-4H3,(H,17,18). The molecule has 0 unspecified atom stereocenters. The Morgan fingerprint density at radius 1 is 1.30 bits per heavy atom. The van der Waals surface area contributed by atoms with E-state index in [-0.39, 0.29) is 12.2 Å². The van der Waals surface area contributed by atoms with Crippen LogP contribution in [-0.4, -0.2) is 34.9 Å². The summed E-state index contributed by atoms with van der Waals surface area (Å²) in [5, 5.41) is 18.3. The number of hydrogen-bond acceptors (Lipinski definition) is 4. The van der Waals surface area contributed by atoms with Gasteiger partial charge in [0.15, 0.2) is 0 Å². The average molecular weight is 281 g/mol. The monoisotopic (exact) mass is 281 g/mol. The lowest BCUT2D eigenvalue weighted by molar-refractivity contribution is 0.0587. The summed E-state index contributed by atoms with van der Waals surface area (Å²) < 4.78 is 5.21. The Balaban J connectivity index is 3.12. The van der Waals surface area contributed by atoms with Gasteiger partial charge in [0.1, 0.15) is 5.60 Å². The number of carbonyl (C=O) groups is 2. The predicted octanol–water partition coefficient (Wildman–Crippen LogP) is 2.25. The summed E-state index contributed by atoms with van der Waals surface area (Å²) in [6, 6.07) is 4.18. The van der Waals surface area contributed by atoms with E-state index in [9.17, 15) is 14.7 Å². The van der Waals surface area contributed by atoms with Crippen LogP contribution in [0.25, 0.3) is 0 Å². The SMILES string of the molecule is CN(C(=O)OC(C)(C)C)c1cc(C(=O)O)ccc1CO. The number of ether oxygens (including phenoxy) is 1. The minimum absolute atomic E-state index is 0.0348. The molecular weight excluding hydrogens is 262 g/mol. The van der Waals surface area contributed by atoms with Crippen LogP contribution in [0.15, 0.2) is 18.2 Å². The molecule has 1 amide bonds. The van der Waals surface area contributed by atoms with E-state index < -0.39 is 17.7 Å². The van der Waals surface area contributed by atoms with Gasteiger partial charge in [0, 0.05) is 12.6 Å². The molecule has 2 N–H and O–H groups in total. The highest BCUT2D eigenvalue weighted by molar-refractivity contribution is 5.93. The molecule has 0 heterocycles. The number of aromatic carboxylic acids is 1. The Labute approximate surface area is 117 Å². The van der Waals surface area contributed by atoms with Gasteiger partial charge < -0.3 is 14.9 Å². The van der Waals surface area contributed by atoms with E-state index in [0.29, 0.717) is 11.3 Å². The second kappa shape index (κ2) is 5.92. The lowest BCUT2D eigenvalue weighted by Gasteiger charge is -2.26. The Bertz CT molecular complexity index is 519. The molecule has 1 rings (SSSR count). The van der Waals surface area contributed by atoms with Gasteiger partial charge in [-0.1, -0.05) is 6.07 Å². The molecule has 0 aliphatic heterocycles. The largest absolute Gasteiger partial charge is 0.478 e. The zero-order valence-corrected chi connectivity index (χ0v) is 12.0. The van der Waals surface area contributed by atoms with Gasteiger partial charge in [0.2, 0.25) is 0 Å². The van der Waals surface area contributed by atoms with E-state index >= 15 is 0 Å². The van der Waals surface area contributed by atoms with Gasteiger partial charge in [-0.05, 0) is 32.9 Å². The predicted molar refractivity (Wildman–Crippen MR) is 74.0 cm³/mol. The first-order valence-corrected chi connectivity index (χ1v) is 6.09. The highest BCUT2D eigenvalue weighted by atomic mass is 16.6. The first kappa shape index (κ1) is 16.0.